The molecule has 0 atom stereocenters. The minimum atomic E-state index is -0.289. The summed E-state index contributed by atoms with van der Waals surface area (Å²) in [6.45, 7) is 4.29. The molecule has 3 aromatic rings. The third kappa shape index (κ3) is 4.09. The van der Waals surface area contributed by atoms with Crippen LogP contribution in [0.3, 0.4) is 0 Å². The van der Waals surface area contributed by atoms with Gasteiger partial charge < -0.3 is 14.8 Å². The maximum Gasteiger partial charge on any atom is 0.348 e. The fraction of sp³-hybridized carbons (Fsp3) is 0.250. The number of nitrogens with one attached hydrogen (secondary N) is 1. The van der Waals surface area contributed by atoms with Crippen molar-refractivity contribution in [2.45, 2.75) is 20.3 Å². The Balaban J connectivity index is 1.87. The van der Waals surface area contributed by atoms with Gasteiger partial charge in [0.05, 0.1) is 6.61 Å². The van der Waals surface area contributed by atoms with E-state index in [0.29, 0.717) is 23.0 Å². The van der Waals surface area contributed by atoms with Gasteiger partial charge in [-0.3, -0.25) is 9.78 Å². The molecule has 0 aliphatic rings. The first-order valence-corrected chi connectivity index (χ1v) is 9.41. The van der Waals surface area contributed by atoms with E-state index < -0.39 is 0 Å². The fourth-order valence-electron chi connectivity index (χ4n) is 2.59. The number of thiophene rings is 1. The van der Waals surface area contributed by atoms with Gasteiger partial charge in [0.2, 0.25) is 0 Å². The number of pyridine rings is 1. The lowest BCUT2D eigenvalue weighted by atomic mass is 10.1. The van der Waals surface area contributed by atoms with E-state index in [1.54, 1.807) is 19.2 Å². The molecule has 1 amide bonds. The molecule has 2 aromatic heterocycles. The highest BCUT2D eigenvalue weighted by atomic mass is 32.1. The monoisotopic (exact) mass is 384 g/mol. The van der Waals surface area contributed by atoms with Crippen molar-refractivity contribution in [2.75, 3.05) is 13.7 Å². The minimum absolute atomic E-state index is 0.278. The van der Waals surface area contributed by atoms with Crippen LogP contribution < -0.4 is 10.1 Å². The van der Waals surface area contributed by atoms with Gasteiger partial charge in [0, 0.05) is 24.0 Å². The largest absolute Gasteiger partial charge is 0.462 e. The smallest absolute Gasteiger partial charge is 0.348 e. The third-order valence-electron chi connectivity index (χ3n) is 3.96. The quantitative estimate of drug-likeness (QED) is 0.640. The Morgan fingerprint density at radius 1 is 1.19 bits per heavy atom. The van der Waals surface area contributed by atoms with Crippen molar-refractivity contribution in [3.63, 3.8) is 0 Å². The highest BCUT2D eigenvalue weighted by Crippen LogP contribution is 2.35. The van der Waals surface area contributed by atoms with Crippen molar-refractivity contribution >= 4 is 33.3 Å². The number of rotatable bonds is 6. The molecule has 0 saturated heterocycles. The summed E-state index contributed by atoms with van der Waals surface area (Å²) < 4.78 is 12.1. The van der Waals surface area contributed by atoms with Crippen molar-refractivity contribution in [3.05, 3.63) is 52.7 Å². The summed E-state index contributed by atoms with van der Waals surface area (Å²) in [5.74, 6) is 0.562. The Morgan fingerprint density at radius 3 is 2.70 bits per heavy atom. The van der Waals surface area contributed by atoms with Crippen molar-refractivity contribution in [2.24, 2.45) is 0 Å². The fourth-order valence-corrected chi connectivity index (χ4v) is 3.72. The van der Waals surface area contributed by atoms with Crippen LogP contribution >= 0.6 is 11.3 Å². The second-order valence-electron chi connectivity index (χ2n) is 5.91. The van der Waals surface area contributed by atoms with Gasteiger partial charge in [0.25, 0.3) is 5.91 Å². The van der Waals surface area contributed by atoms with Gasteiger partial charge in [0.1, 0.15) is 22.1 Å². The number of carbonyl (C=O) groups is 2. The van der Waals surface area contributed by atoms with Gasteiger partial charge in [-0.05, 0) is 48.6 Å². The number of aromatic nitrogens is 1. The number of aryl methyl sites for hydroxylation is 1. The van der Waals surface area contributed by atoms with Crippen molar-refractivity contribution in [3.8, 4) is 11.5 Å². The van der Waals surface area contributed by atoms with Gasteiger partial charge in [-0.25, -0.2) is 4.79 Å². The average molecular weight is 384 g/mol. The lowest BCUT2D eigenvalue weighted by Crippen LogP contribution is -2.18. The second-order valence-corrected chi connectivity index (χ2v) is 6.96. The molecule has 6 nitrogen and oxygen atoms in total. The molecule has 140 valence electrons. The van der Waals surface area contributed by atoms with E-state index in [1.807, 2.05) is 32.0 Å². The van der Waals surface area contributed by atoms with E-state index in [4.69, 9.17) is 9.47 Å². The van der Waals surface area contributed by atoms with Crippen molar-refractivity contribution in [1.82, 2.24) is 10.3 Å². The summed E-state index contributed by atoms with van der Waals surface area (Å²) in [6, 6.07) is 8.90. The summed E-state index contributed by atoms with van der Waals surface area (Å²) in [5, 5.41) is 3.53. The maximum absolute atomic E-state index is 12.2. The van der Waals surface area contributed by atoms with Crippen LogP contribution in [0.4, 0.5) is 0 Å². The van der Waals surface area contributed by atoms with Gasteiger partial charge in [0.15, 0.2) is 0 Å². The summed E-state index contributed by atoms with van der Waals surface area (Å²) >= 11 is 1.39. The first-order chi connectivity index (χ1) is 13.0. The number of fused-ring (bicyclic) bond motifs is 1. The zero-order valence-electron chi connectivity index (χ0n) is 15.4. The molecule has 0 aliphatic heterocycles. The van der Waals surface area contributed by atoms with E-state index >= 15 is 0 Å². The zero-order valence-corrected chi connectivity index (χ0v) is 16.2. The highest BCUT2D eigenvalue weighted by Gasteiger charge is 2.17. The molecule has 0 fully saturated rings. The predicted molar refractivity (Wildman–Crippen MR) is 105 cm³/mol. The standard InChI is InChI=1S/C20H20N2O4S/c1-4-9-25-20(24)18-12(2)15-6-5-13(11-17(15)27-18)26-14-7-8-22-16(10-14)19(23)21-3/h5-8,10-11H,4,9H2,1-3H3,(H,21,23). The van der Waals surface area contributed by atoms with Crippen molar-refractivity contribution in [1.29, 1.82) is 0 Å². The van der Waals surface area contributed by atoms with E-state index in [9.17, 15) is 9.59 Å². The van der Waals surface area contributed by atoms with E-state index in [2.05, 4.69) is 10.3 Å². The second kappa shape index (κ2) is 8.18. The maximum atomic E-state index is 12.2. The molecule has 0 aliphatic carbocycles. The molecule has 1 aromatic carbocycles. The number of carbonyl (C=O) groups excluding carboxylic acids is 2. The topological polar surface area (TPSA) is 77.5 Å². The predicted octanol–water partition coefficient (Wildman–Crippen LogP) is 4.32. The Kier molecular flexibility index (Phi) is 5.71. The summed E-state index contributed by atoms with van der Waals surface area (Å²) in [6.07, 6.45) is 2.31. The first-order valence-electron chi connectivity index (χ1n) is 8.59. The minimum Gasteiger partial charge on any atom is -0.462 e. The van der Waals surface area contributed by atoms with Crippen LogP contribution in [-0.4, -0.2) is 30.5 Å². The van der Waals surface area contributed by atoms with E-state index in [0.717, 1.165) is 22.1 Å². The third-order valence-corrected chi connectivity index (χ3v) is 5.19. The number of hydrogen-bond donors (Lipinski definition) is 1. The van der Waals surface area contributed by atoms with Crippen LogP contribution in [0.2, 0.25) is 0 Å². The number of benzene rings is 1. The molecule has 0 saturated carbocycles. The molecule has 2 heterocycles. The molecule has 0 radical (unpaired) electrons. The molecule has 27 heavy (non-hydrogen) atoms. The number of ether oxygens (including phenoxy) is 2. The van der Waals surface area contributed by atoms with Crippen LogP contribution in [0.15, 0.2) is 36.5 Å². The van der Waals surface area contributed by atoms with Crippen LogP contribution in [0.1, 0.15) is 39.1 Å². The zero-order chi connectivity index (χ0) is 19.4. The number of hydrogen-bond acceptors (Lipinski definition) is 6. The van der Waals surface area contributed by atoms with Crippen LogP contribution in [0, 0.1) is 6.92 Å². The summed E-state index contributed by atoms with van der Waals surface area (Å²) in [4.78, 5) is 28.5. The lowest BCUT2D eigenvalue weighted by Gasteiger charge is -2.07. The highest BCUT2D eigenvalue weighted by molar-refractivity contribution is 7.21. The number of nitrogens with zero attached hydrogens (tertiary/aromatic N) is 1. The molecular weight excluding hydrogens is 364 g/mol. The molecule has 7 heteroatoms. The number of esters is 1. The van der Waals surface area contributed by atoms with Crippen LogP contribution in [0.25, 0.3) is 10.1 Å². The van der Waals surface area contributed by atoms with Crippen LogP contribution in [0.5, 0.6) is 11.5 Å². The van der Waals surface area contributed by atoms with E-state index in [1.165, 1.54) is 17.5 Å². The molecule has 1 N–H and O–H groups in total. The van der Waals surface area contributed by atoms with Gasteiger partial charge in [-0.1, -0.05) is 6.92 Å². The Bertz CT molecular complexity index is 997. The first kappa shape index (κ1) is 18.8. The van der Waals surface area contributed by atoms with Gasteiger partial charge >= 0.3 is 5.97 Å². The SMILES string of the molecule is CCCOC(=O)c1sc2cc(Oc3ccnc(C(=O)NC)c3)ccc2c1C. The van der Waals surface area contributed by atoms with E-state index in [-0.39, 0.29) is 17.6 Å². The average Bonchev–Trinajstić information content (AvgIpc) is 3.01. The lowest BCUT2D eigenvalue weighted by molar-refractivity contribution is 0.0510. The normalized spacial score (nSPS) is 10.6. The summed E-state index contributed by atoms with van der Waals surface area (Å²) in [5.41, 5.74) is 1.19. The Morgan fingerprint density at radius 2 is 1.96 bits per heavy atom. The molecular formula is C20H20N2O4S. The molecule has 0 spiro atoms. The molecule has 0 bridgehead atoms. The molecule has 0 unspecified atom stereocenters. The van der Waals surface area contributed by atoms with Gasteiger partial charge in [-0.15, -0.1) is 11.3 Å². The van der Waals surface area contributed by atoms with Crippen molar-refractivity contribution < 1.29 is 19.1 Å². The number of amides is 1. The van der Waals surface area contributed by atoms with Gasteiger partial charge in [-0.2, -0.15) is 0 Å². The molecule has 3 rings (SSSR count). The summed E-state index contributed by atoms with van der Waals surface area (Å²) in [7, 11) is 1.55. The van der Waals surface area contributed by atoms with Crippen LogP contribution in [-0.2, 0) is 4.74 Å². The Labute approximate surface area is 161 Å². The Hall–Kier alpha value is -2.93.